The van der Waals surface area contributed by atoms with Crippen LogP contribution in [-0.4, -0.2) is 79.9 Å². The fraction of sp³-hybridized carbons (Fsp3) is 0.556. The molecule has 2 aliphatic heterocycles. The Morgan fingerprint density at radius 3 is 2.36 bits per heavy atom. The van der Waals surface area contributed by atoms with E-state index < -0.39 is 6.61 Å². The number of hydrogen-bond donors (Lipinski definition) is 1. The molecule has 25 heavy (non-hydrogen) atoms. The molecule has 7 heteroatoms. The van der Waals surface area contributed by atoms with Crippen molar-refractivity contribution in [2.45, 2.75) is 12.3 Å². The normalized spacial score (nSPS) is 20.7. The van der Waals surface area contributed by atoms with E-state index in [4.69, 9.17) is 9.84 Å². The number of rotatable bonds is 3. The molecular formula is C18H25N3O4. The first-order valence-electron chi connectivity index (χ1n) is 8.69. The standard InChI is InChI=1S/C18H25N3O4/c1-25-18(24)21-7-6-15(12-21)14-2-4-16(5-3-14)19-8-10-20(11-9-19)17(23)13-22/h2-5,15,22H,6-13H2,1H3/t15-/m1/s1. The molecule has 0 aromatic heterocycles. The highest BCUT2D eigenvalue weighted by Gasteiger charge is 2.28. The Kier molecular flexibility index (Phi) is 5.43. The summed E-state index contributed by atoms with van der Waals surface area (Å²) in [5.41, 5.74) is 2.38. The van der Waals surface area contributed by atoms with Gasteiger partial charge in [-0.3, -0.25) is 4.79 Å². The lowest BCUT2D eigenvalue weighted by atomic mass is 9.98. The maximum Gasteiger partial charge on any atom is 0.409 e. The zero-order valence-corrected chi connectivity index (χ0v) is 14.6. The number of benzene rings is 1. The van der Waals surface area contributed by atoms with Gasteiger partial charge in [0.1, 0.15) is 6.61 Å². The smallest absolute Gasteiger partial charge is 0.409 e. The summed E-state index contributed by atoms with van der Waals surface area (Å²) in [6.45, 7) is 3.83. The zero-order chi connectivity index (χ0) is 17.8. The van der Waals surface area contributed by atoms with Crippen molar-refractivity contribution >= 4 is 17.7 Å². The molecule has 0 radical (unpaired) electrons. The van der Waals surface area contributed by atoms with Crippen LogP contribution < -0.4 is 4.90 Å². The van der Waals surface area contributed by atoms with Gasteiger partial charge < -0.3 is 24.5 Å². The molecule has 2 heterocycles. The molecule has 0 saturated carbocycles. The SMILES string of the molecule is COC(=O)N1CC[C@@H](c2ccc(N3CCN(C(=O)CO)CC3)cc2)C1. The van der Waals surface area contributed by atoms with E-state index in [0.29, 0.717) is 25.6 Å². The quantitative estimate of drug-likeness (QED) is 0.879. The van der Waals surface area contributed by atoms with E-state index in [9.17, 15) is 9.59 Å². The van der Waals surface area contributed by atoms with Gasteiger partial charge in [0.15, 0.2) is 0 Å². The molecule has 1 aromatic rings. The molecule has 136 valence electrons. The summed E-state index contributed by atoms with van der Waals surface area (Å²) in [6, 6.07) is 8.48. The number of anilines is 1. The van der Waals surface area contributed by atoms with E-state index in [1.165, 1.54) is 12.7 Å². The number of carbonyl (C=O) groups is 2. The number of aliphatic hydroxyl groups is 1. The van der Waals surface area contributed by atoms with Crippen molar-refractivity contribution in [3.8, 4) is 0 Å². The van der Waals surface area contributed by atoms with Crippen LogP contribution in [0.5, 0.6) is 0 Å². The van der Waals surface area contributed by atoms with Crippen molar-refractivity contribution in [2.75, 3.05) is 57.9 Å². The maximum absolute atomic E-state index is 11.6. The molecular weight excluding hydrogens is 322 g/mol. The third-order valence-corrected chi connectivity index (χ3v) is 5.12. The van der Waals surface area contributed by atoms with E-state index >= 15 is 0 Å². The molecule has 2 fully saturated rings. The van der Waals surface area contributed by atoms with Gasteiger partial charge in [0, 0.05) is 50.9 Å². The minimum Gasteiger partial charge on any atom is -0.453 e. The van der Waals surface area contributed by atoms with Crippen LogP contribution >= 0.6 is 0 Å². The first kappa shape index (κ1) is 17.5. The molecule has 0 bridgehead atoms. The monoisotopic (exact) mass is 347 g/mol. The average molecular weight is 347 g/mol. The number of piperazine rings is 1. The van der Waals surface area contributed by atoms with E-state index in [1.807, 2.05) is 0 Å². The van der Waals surface area contributed by atoms with E-state index in [0.717, 1.165) is 31.7 Å². The molecule has 0 unspecified atom stereocenters. The molecule has 2 aliphatic rings. The van der Waals surface area contributed by atoms with Crippen LogP contribution in [0.2, 0.25) is 0 Å². The summed E-state index contributed by atoms with van der Waals surface area (Å²) in [5.74, 6) is 0.151. The van der Waals surface area contributed by atoms with Crippen LogP contribution in [0.25, 0.3) is 0 Å². The molecule has 1 N–H and O–H groups in total. The van der Waals surface area contributed by atoms with Crippen LogP contribution in [0.3, 0.4) is 0 Å². The largest absolute Gasteiger partial charge is 0.453 e. The Balaban J connectivity index is 1.57. The Morgan fingerprint density at radius 2 is 1.76 bits per heavy atom. The lowest BCUT2D eigenvalue weighted by molar-refractivity contribution is -0.134. The molecule has 3 rings (SSSR count). The number of methoxy groups -OCH3 is 1. The van der Waals surface area contributed by atoms with Crippen molar-refractivity contribution in [3.63, 3.8) is 0 Å². The second-order valence-corrected chi connectivity index (χ2v) is 6.52. The molecule has 1 atom stereocenters. The van der Waals surface area contributed by atoms with Crippen LogP contribution in [0.1, 0.15) is 17.9 Å². The highest BCUT2D eigenvalue weighted by Crippen LogP contribution is 2.29. The number of likely N-dealkylation sites (tertiary alicyclic amines) is 1. The van der Waals surface area contributed by atoms with Gasteiger partial charge in [0.2, 0.25) is 5.91 Å². The van der Waals surface area contributed by atoms with E-state index in [2.05, 4.69) is 29.2 Å². The second-order valence-electron chi connectivity index (χ2n) is 6.52. The number of ether oxygens (including phenoxy) is 1. The van der Waals surface area contributed by atoms with Crippen LogP contribution in [-0.2, 0) is 9.53 Å². The topological polar surface area (TPSA) is 73.3 Å². The summed E-state index contributed by atoms with van der Waals surface area (Å²) < 4.78 is 4.79. The molecule has 0 spiro atoms. The van der Waals surface area contributed by atoms with Crippen LogP contribution in [0.4, 0.5) is 10.5 Å². The summed E-state index contributed by atoms with van der Waals surface area (Å²) in [5, 5.41) is 8.94. The van der Waals surface area contributed by atoms with Crippen molar-refractivity contribution in [2.24, 2.45) is 0 Å². The van der Waals surface area contributed by atoms with Gasteiger partial charge in [0.05, 0.1) is 7.11 Å². The van der Waals surface area contributed by atoms with Gasteiger partial charge >= 0.3 is 6.09 Å². The van der Waals surface area contributed by atoms with Crippen LogP contribution in [0, 0.1) is 0 Å². The fourth-order valence-corrected chi connectivity index (χ4v) is 3.60. The zero-order valence-electron chi connectivity index (χ0n) is 14.6. The Morgan fingerprint density at radius 1 is 1.08 bits per heavy atom. The molecule has 7 nitrogen and oxygen atoms in total. The fourth-order valence-electron chi connectivity index (χ4n) is 3.60. The van der Waals surface area contributed by atoms with Crippen molar-refractivity contribution < 1.29 is 19.4 Å². The van der Waals surface area contributed by atoms with Crippen molar-refractivity contribution in [1.82, 2.24) is 9.80 Å². The minimum atomic E-state index is -0.418. The van der Waals surface area contributed by atoms with Gasteiger partial charge in [-0.05, 0) is 24.1 Å². The third kappa shape index (κ3) is 3.87. The molecule has 2 saturated heterocycles. The summed E-state index contributed by atoms with van der Waals surface area (Å²) >= 11 is 0. The summed E-state index contributed by atoms with van der Waals surface area (Å²) in [7, 11) is 1.42. The van der Waals surface area contributed by atoms with Gasteiger partial charge in [-0.25, -0.2) is 4.79 Å². The molecule has 2 amide bonds. The number of carbonyl (C=O) groups excluding carboxylic acids is 2. The second kappa shape index (κ2) is 7.74. The summed E-state index contributed by atoms with van der Waals surface area (Å²) in [6.07, 6.45) is 0.700. The maximum atomic E-state index is 11.6. The molecule has 0 aliphatic carbocycles. The lowest BCUT2D eigenvalue weighted by Gasteiger charge is -2.36. The van der Waals surface area contributed by atoms with Gasteiger partial charge in [0.25, 0.3) is 0 Å². The summed E-state index contributed by atoms with van der Waals surface area (Å²) in [4.78, 5) is 28.8. The van der Waals surface area contributed by atoms with Crippen molar-refractivity contribution in [1.29, 1.82) is 0 Å². The predicted octanol–water partition coefficient (Wildman–Crippen LogP) is 0.883. The highest BCUT2D eigenvalue weighted by molar-refractivity contribution is 5.77. The lowest BCUT2D eigenvalue weighted by Crippen LogP contribution is -2.49. The third-order valence-electron chi connectivity index (χ3n) is 5.12. The first-order chi connectivity index (χ1) is 12.1. The molecule has 1 aromatic carbocycles. The predicted molar refractivity (Wildman–Crippen MR) is 93.7 cm³/mol. The number of aliphatic hydroxyl groups excluding tert-OH is 1. The van der Waals surface area contributed by atoms with Gasteiger partial charge in [-0.2, -0.15) is 0 Å². The highest BCUT2D eigenvalue weighted by atomic mass is 16.5. The van der Waals surface area contributed by atoms with Crippen LogP contribution in [0.15, 0.2) is 24.3 Å². The van der Waals surface area contributed by atoms with Gasteiger partial charge in [-0.1, -0.05) is 12.1 Å². The van der Waals surface area contributed by atoms with Gasteiger partial charge in [-0.15, -0.1) is 0 Å². The number of nitrogens with zero attached hydrogens (tertiary/aromatic N) is 3. The number of amides is 2. The first-order valence-corrected chi connectivity index (χ1v) is 8.69. The van der Waals surface area contributed by atoms with E-state index in [-0.39, 0.29) is 12.0 Å². The average Bonchev–Trinajstić information content (AvgIpc) is 3.17. The van der Waals surface area contributed by atoms with E-state index in [1.54, 1.807) is 9.80 Å². The minimum absolute atomic E-state index is 0.202. The Labute approximate surface area is 147 Å². The number of hydrogen-bond acceptors (Lipinski definition) is 5. The van der Waals surface area contributed by atoms with Crippen molar-refractivity contribution in [3.05, 3.63) is 29.8 Å². The Bertz CT molecular complexity index is 611. The Hall–Kier alpha value is -2.28.